The van der Waals surface area contributed by atoms with Crippen LogP contribution in [0, 0.1) is 20.8 Å². The van der Waals surface area contributed by atoms with Gasteiger partial charge >= 0.3 is 0 Å². The number of nitrogens with one attached hydrogen (secondary N) is 2. The highest BCUT2D eigenvalue weighted by molar-refractivity contribution is 7.99. The Hall–Kier alpha value is -2.84. The van der Waals surface area contributed by atoms with Gasteiger partial charge < -0.3 is 15.2 Å². The summed E-state index contributed by atoms with van der Waals surface area (Å²) in [5.74, 6) is 0.368. The molecule has 0 radical (unpaired) electrons. The molecule has 0 saturated heterocycles. The van der Waals surface area contributed by atoms with E-state index >= 15 is 0 Å². The van der Waals surface area contributed by atoms with Gasteiger partial charge in [-0.25, -0.2) is 0 Å². The Labute approximate surface area is 203 Å². The van der Waals surface area contributed by atoms with Gasteiger partial charge in [-0.1, -0.05) is 48.0 Å². The Kier molecular flexibility index (Phi) is 8.52. The number of amides is 2. The molecule has 0 atom stereocenters. The van der Waals surface area contributed by atoms with Gasteiger partial charge in [0.1, 0.15) is 0 Å². The maximum Gasteiger partial charge on any atom is 0.243 e. The molecule has 3 rings (SSSR count). The first-order valence-electron chi connectivity index (χ1n) is 10.7. The summed E-state index contributed by atoms with van der Waals surface area (Å²) in [7, 11) is 0. The third-order valence-electron chi connectivity index (χ3n) is 4.99. The van der Waals surface area contributed by atoms with Crippen LogP contribution in [0.25, 0.3) is 11.4 Å². The molecule has 0 aliphatic carbocycles. The van der Waals surface area contributed by atoms with Gasteiger partial charge in [-0.05, 0) is 62.6 Å². The Morgan fingerprint density at radius 1 is 1.03 bits per heavy atom. The number of aromatic nitrogens is 3. The summed E-state index contributed by atoms with van der Waals surface area (Å²) in [6.07, 6.45) is 0.899. The molecule has 2 amide bonds. The number of halogens is 1. The van der Waals surface area contributed by atoms with Gasteiger partial charge in [0.15, 0.2) is 11.0 Å². The predicted octanol–water partition coefficient (Wildman–Crippen LogP) is 4.78. The van der Waals surface area contributed by atoms with Crippen molar-refractivity contribution < 1.29 is 9.59 Å². The number of aryl methyl sites for hydroxylation is 3. The number of hydrogen-bond donors (Lipinski definition) is 2. The third kappa shape index (κ3) is 6.58. The average Bonchev–Trinajstić information content (AvgIpc) is 3.16. The van der Waals surface area contributed by atoms with E-state index in [1.807, 2.05) is 61.7 Å². The van der Waals surface area contributed by atoms with E-state index in [0.29, 0.717) is 10.2 Å². The molecule has 33 heavy (non-hydrogen) atoms. The van der Waals surface area contributed by atoms with Crippen LogP contribution in [0.1, 0.15) is 30.0 Å². The van der Waals surface area contributed by atoms with Crippen molar-refractivity contribution in [3.63, 3.8) is 0 Å². The van der Waals surface area contributed by atoms with Crippen molar-refractivity contribution in [3.05, 3.63) is 58.1 Å². The van der Waals surface area contributed by atoms with Gasteiger partial charge in [-0.2, -0.15) is 0 Å². The van der Waals surface area contributed by atoms with Crippen molar-refractivity contribution in [3.8, 4) is 11.4 Å². The second-order valence-corrected chi connectivity index (χ2v) is 9.23. The first-order chi connectivity index (χ1) is 15.8. The standard InChI is InChI=1S/C24H28ClN5O2S/c1-5-10-30-23(18-6-8-19(25)9-7-18)28-29-24(30)33-14-21(32)26-13-20(31)27-22-16(3)11-15(2)12-17(22)4/h6-9,11-12H,5,10,13-14H2,1-4H3,(H,26,32)(H,27,31). The zero-order valence-electron chi connectivity index (χ0n) is 19.2. The minimum absolute atomic E-state index is 0.0934. The molecule has 9 heteroatoms. The van der Waals surface area contributed by atoms with E-state index in [4.69, 9.17) is 11.6 Å². The lowest BCUT2D eigenvalue weighted by atomic mass is 10.1. The van der Waals surface area contributed by atoms with E-state index < -0.39 is 0 Å². The number of carbonyl (C=O) groups is 2. The average molecular weight is 486 g/mol. The summed E-state index contributed by atoms with van der Waals surface area (Å²) < 4.78 is 2.00. The molecule has 0 aliphatic heterocycles. The second kappa shape index (κ2) is 11.3. The molecule has 0 aliphatic rings. The molecule has 7 nitrogen and oxygen atoms in total. The van der Waals surface area contributed by atoms with E-state index in [9.17, 15) is 9.59 Å². The number of carbonyl (C=O) groups excluding carboxylic acids is 2. The van der Waals surface area contributed by atoms with Crippen LogP contribution in [0.4, 0.5) is 5.69 Å². The van der Waals surface area contributed by atoms with Crippen LogP contribution in [0.15, 0.2) is 41.6 Å². The molecule has 174 valence electrons. The first-order valence-corrected chi connectivity index (χ1v) is 12.1. The van der Waals surface area contributed by atoms with Gasteiger partial charge in [0, 0.05) is 22.8 Å². The normalized spacial score (nSPS) is 10.8. The highest BCUT2D eigenvalue weighted by Crippen LogP contribution is 2.25. The molecule has 0 saturated carbocycles. The van der Waals surface area contributed by atoms with Gasteiger partial charge in [0.2, 0.25) is 11.8 Å². The van der Waals surface area contributed by atoms with Crippen molar-refractivity contribution in [1.29, 1.82) is 0 Å². The minimum Gasteiger partial charge on any atom is -0.346 e. The highest BCUT2D eigenvalue weighted by Gasteiger charge is 2.16. The zero-order chi connectivity index (χ0) is 24.0. The van der Waals surface area contributed by atoms with Crippen LogP contribution in [0.5, 0.6) is 0 Å². The number of hydrogen-bond acceptors (Lipinski definition) is 5. The quantitative estimate of drug-likeness (QED) is 0.426. The molecule has 1 heterocycles. The molecule has 0 bridgehead atoms. The predicted molar refractivity (Wildman–Crippen MR) is 134 cm³/mol. The monoisotopic (exact) mass is 485 g/mol. The lowest BCUT2D eigenvalue weighted by Gasteiger charge is -2.13. The molecule has 0 fully saturated rings. The number of nitrogens with zero attached hydrogens (tertiary/aromatic N) is 3. The van der Waals surface area contributed by atoms with Crippen molar-refractivity contribution in [2.45, 2.75) is 45.8 Å². The molecule has 3 aromatic rings. The molecule has 0 unspecified atom stereocenters. The van der Waals surface area contributed by atoms with Crippen LogP contribution >= 0.6 is 23.4 Å². The zero-order valence-corrected chi connectivity index (χ0v) is 20.8. The van der Waals surface area contributed by atoms with E-state index in [-0.39, 0.29) is 24.1 Å². The SMILES string of the molecule is CCCn1c(SCC(=O)NCC(=O)Nc2c(C)cc(C)cc2C)nnc1-c1ccc(Cl)cc1. The van der Waals surface area contributed by atoms with E-state index in [0.717, 1.165) is 46.7 Å². The smallest absolute Gasteiger partial charge is 0.243 e. The van der Waals surface area contributed by atoms with Crippen molar-refractivity contribution in [2.75, 3.05) is 17.6 Å². The third-order valence-corrected chi connectivity index (χ3v) is 6.21. The maximum atomic E-state index is 12.4. The molecule has 0 spiro atoms. The van der Waals surface area contributed by atoms with Crippen molar-refractivity contribution >= 4 is 40.9 Å². The molecular formula is C24H28ClN5O2S. The number of thioether (sulfide) groups is 1. The summed E-state index contributed by atoms with van der Waals surface area (Å²) in [4.78, 5) is 24.7. The van der Waals surface area contributed by atoms with Gasteiger partial charge in [-0.15, -0.1) is 10.2 Å². The highest BCUT2D eigenvalue weighted by atomic mass is 35.5. The van der Waals surface area contributed by atoms with Gasteiger partial charge in [0.05, 0.1) is 12.3 Å². The maximum absolute atomic E-state index is 12.4. The van der Waals surface area contributed by atoms with Crippen LogP contribution in [0.2, 0.25) is 5.02 Å². The topological polar surface area (TPSA) is 88.9 Å². The molecule has 2 aromatic carbocycles. The Bertz CT molecular complexity index is 1120. The Morgan fingerprint density at radius 3 is 2.33 bits per heavy atom. The van der Waals surface area contributed by atoms with E-state index in [2.05, 4.69) is 27.8 Å². The fraction of sp³-hybridized carbons (Fsp3) is 0.333. The minimum atomic E-state index is -0.262. The summed E-state index contributed by atoms with van der Waals surface area (Å²) >= 11 is 7.28. The lowest BCUT2D eigenvalue weighted by Crippen LogP contribution is -2.34. The van der Waals surface area contributed by atoms with Crippen LogP contribution < -0.4 is 10.6 Å². The summed E-state index contributed by atoms with van der Waals surface area (Å²) in [6, 6.07) is 11.5. The fourth-order valence-electron chi connectivity index (χ4n) is 3.55. The summed E-state index contributed by atoms with van der Waals surface area (Å²) in [5.41, 5.74) is 4.83. The van der Waals surface area contributed by atoms with Crippen LogP contribution in [-0.4, -0.2) is 38.9 Å². The molecule has 1 aromatic heterocycles. The Balaban J connectivity index is 1.56. The van der Waals surface area contributed by atoms with E-state index in [1.165, 1.54) is 11.8 Å². The molecular weight excluding hydrogens is 458 g/mol. The molecule has 2 N–H and O–H groups in total. The number of anilines is 1. The Morgan fingerprint density at radius 2 is 1.70 bits per heavy atom. The fourth-order valence-corrected chi connectivity index (χ4v) is 4.47. The van der Waals surface area contributed by atoms with Crippen LogP contribution in [0.3, 0.4) is 0 Å². The lowest BCUT2D eigenvalue weighted by molar-refractivity contribution is -0.122. The van der Waals surface area contributed by atoms with E-state index in [1.54, 1.807) is 0 Å². The van der Waals surface area contributed by atoms with Crippen molar-refractivity contribution in [1.82, 2.24) is 20.1 Å². The van der Waals surface area contributed by atoms with Crippen LogP contribution in [-0.2, 0) is 16.1 Å². The first kappa shape index (κ1) is 24.8. The second-order valence-electron chi connectivity index (χ2n) is 7.85. The number of benzene rings is 2. The van der Waals surface area contributed by atoms with Gasteiger partial charge in [-0.3, -0.25) is 9.59 Å². The largest absolute Gasteiger partial charge is 0.346 e. The van der Waals surface area contributed by atoms with Crippen molar-refractivity contribution in [2.24, 2.45) is 0 Å². The number of rotatable bonds is 9. The summed E-state index contributed by atoms with van der Waals surface area (Å²) in [6.45, 7) is 8.63. The van der Waals surface area contributed by atoms with Gasteiger partial charge in [0.25, 0.3) is 0 Å². The summed E-state index contributed by atoms with van der Waals surface area (Å²) in [5, 5.41) is 15.5.